The molecule has 0 saturated heterocycles. The molecule has 1 aliphatic carbocycles. The lowest BCUT2D eigenvalue weighted by molar-refractivity contribution is 0.310. The summed E-state index contributed by atoms with van der Waals surface area (Å²) in [5, 5.41) is 8.62. The third-order valence-electron chi connectivity index (χ3n) is 3.68. The normalized spacial score (nSPS) is 27.8. The van der Waals surface area contributed by atoms with Crippen LogP contribution < -0.4 is 0 Å². The first-order valence-corrected chi connectivity index (χ1v) is 5.68. The third kappa shape index (κ3) is 2.72. The van der Waals surface area contributed by atoms with Crippen molar-refractivity contribution in [3.63, 3.8) is 0 Å². The summed E-state index contributed by atoms with van der Waals surface area (Å²) in [5.74, 6) is 2.56. The third-order valence-corrected chi connectivity index (χ3v) is 3.68. The second-order valence-electron chi connectivity index (χ2n) is 4.38. The predicted octanol–water partition coefficient (Wildman–Crippen LogP) is 3.75. The molecule has 1 aliphatic rings. The molecule has 1 fully saturated rings. The Kier molecular flexibility index (Phi) is 4.28. The Morgan fingerprint density at radius 3 is 2.54 bits per heavy atom. The summed E-state index contributed by atoms with van der Waals surface area (Å²) < 4.78 is 0. The molecule has 0 aromatic heterocycles. The zero-order valence-corrected chi connectivity index (χ0v) is 8.92. The van der Waals surface area contributed by atoms with Crippen LogP contribution in [0.1, 0.15) is 52.4 Å². The lowest BCUT2D eigenvalue weighted by Gasteiger charge is -2.20. The highest BCUT2D eigenvalue weighted by Crippen LogP contribution is 2.39. The van der Waals surface area contributed by atoms with Crippen LogP contribution in [0.2, 0.25) is 0 Å². The maximum absolute atomic E-state index is 8.62. The molecule has 1 heteroatoms. The molecule has 0 unspecified atom stereocenters. The van der Waals surface area contributed by atoms with Crippen molar-refractivity contribution in [1.29, 1.82) is 5.26 Å². The van der Waals surface area contributed by atoms with Crippen molar-refractivity contribution in [3.8, 4) is 6.07 Å². The van der Waals surface area contributed by atoms with E-state index < -0.39 is 0 Å². The standard InChI is InChI=1S/C12H21N/c1-3-11(4-2)12-6-5-10(9-12)7-8-13/h10-12H,3-7,9H2,1-2H3/t10-,12-/m0/s1. The fourth-order valence-corrected chi connectivity index (χ4v) is 2.81. The van der Waals surface area contributed by atoms with E-state index in [1.807, 2.05) is 0 Å². The summed E-state index contributed by atoms with van der Waals surface area (Å²) in [6.07, 6.45) is 7.42. The van der Waals surface area contributed by atoms with E-state index >= 15 is 0 Å². The molecule has 0 radical (unpaired) electrons. The Morgan fingerprint density at radius 2 is 2.00 bits per heavy atom. The number of rotatable bonds is 4. The average molecular weight is 179 g/mol. The Morgan fingerprint density at radius 1 is 1.31 bits per heavy atom. The van der Waals surface area contributed by atoms with Crippen LogP contribution in [0.4, 0.5) is 0 Å². The smallest absolute Gasteiger partial charge is 0.0624 e. The van der Waals surface area contributed by atoms with Gasteiger partial charge in [-0.1, -0.05) is 26.7 Å². The summed E-state index contributed by atoms with van der Waals surface area (Å²) in [7, 11) is 0. The zero-order chi connectivity index (χ0) is 9.68. The van der Waals surface area contributed by atoms with Gasteiger partial charge >= 0.3 is 0 Å². The van der Waals surface area contributed by atoms with Crippen LogP contribution in [0.15, 0.2) is 0 Å². The van der Waals surface area contributed by atoms with Gasteiger partial charge in [0.25, 0.3) is 0 Å². The summed E-state index contributed by atoms with van der Waals surface area (Å²) >= 11 is 0. The van der Waals surface area contributed by atoms with Gasteiger partial charge in [-0.3, -0.25) is 0 Å². The van der Waals surface area contributed by atoms with Crippen LogP contribution in [0, 0.1) is 29.1 Å². The molecule has 0 aromatic rings. The van der Waals surface area contributed by atoms with Gasteiger partial charge in [-0.25, -0.2) is 0 Å². The maximum Gasteiger partial charge on any atom is 0.0624 e. The van der Waals surface area contributed by atoms with Gasteiger partial charge in [0.1, 0.15) is 0 Å². The Balaban J connectivity index is 2.35. The average Bonchev–Trinajstić information content (AvgIpc) is 2.56. The minimum atomic E-state index is 0.718. The van der Waals surface area contributed by atoms with Gasteiger partial charge in [0, 0.05) is 6.42 Å². The first kappa shape index (κ1) is 10.6. The highest BCUT2D eigenvalue weighted by atomic mass is 14.3. The van der Waals surface area contributed by atoms with Crippen LogP contribution in [-0.4, -0.2) is 0 Å². The molecule has 1 nitrogen and oxygen atoms in total. The van der Waals surface area contributed by atoms with E-state index in [4.69, 9.17) is 5.26 Å². The zero-order valence-electron chi connectivity index (χ0n) is 8.92. The van der Waals surface area contributed by atoms with Crippen molar-refractivity contribution in [2.24, 2.45) is 17.8 Å². The number of nitrogens with zero attached hydrogens (tertiary/aromatic N) is 1. The van der Waals surface area contributed by atoms with E-state index in [-0.39, 0.29) is 0 Å². The van der Waals surface area contributed by atoms with Gasteiger partial charge in [0.05, 0.1) is 6.07 Å². The molecule has 0 spiro atoms. The fourth-order valence-electron chi connectivity index (χ4n) is 2.81. The van der Waals surface area contributed by atoms with Crippen LogP contribution in [0.3, 0.4) is 0 Å². The lowest BCUT2D eigenvalue weighted by atomic mass is 9.86. The van der Waals surface area contributed by atoms with Crippen LogP contribution in [-0.2, 0) is 0 Å². The molecule has 0 N–H and O–H groups in total. The molecule has 0 aliphatic heterocycles. The Bertz CT molecular complexity index is 176. The molecule has 1 saturated carbocycles. The molecule has 1 rings (SSSR count). The van der Waals surface area contributed by atoms with Gasteiger partial charge in [-0.2, -0.15) is 5.26 Å². The van der Waals surface area contributed by atoms with Crippen molar-refractivity contribution in [2.75, 3.05) is 0 Å². The molecule has 74 valence electrons. The predicted molar refractivity (Wildman–Crippen MR) is 55.1 cm³/mol. The van der Waals surface area contributed by atoms with Gasteiger partial charge in [-0.05, 0) is 37.0 Å². The van der Waals surface area contributed by atoms with Gasteiger partial charge in [-0.15, -0.1) is 0 Å². The number of hydrogen-bond donors (Lipinski definition) is 0. The van der Waals surface area contributed by atoms with E-state index in [9.17, 15) is 0 Å². The molecule has 13 heavy (non-hydrogen) atoms. The van der Waals surface area contributed by atoms with E-state index in [0.717, 1.165) is 24.2 Å². The van der Waals surface area contributed by atoms with Crippen molar-refractivity contribution >= 4 is 0 Å². The minimum Gasteiger partial charge on any atom is -0.198 e. The highest BCUT2D eigenvalue weighted by molar-refractivity contribution is 4.85. The highest BCUT2D eigenvalue weighted by Gasteiger charge is 2.28. The summed E-state index contributed by atoms with van der Waals surface area (Å²) in [5.41, 5.74) is 0. The number of hydrogen-bond acceptors (Lipinski definition) is 1. The lowest BCUT2D eigenvalue weighted by Crippen LogP contribution is -2.10. The monoisotopic (exact) mass is 179 g/mol. The van der Waals surface area contributed by atoms with Crippen molar-refractivity contribution in [2.45, 2.75) is 52.4 Å². The fraction of sp³-hybridized carbons (Fsp3) is 0.917. The van der Waals surface area contributed by atoms with Crippen molar-refractivity contribution in [1.82, 2.24) is 0 Å². The quantitative estimate of drug-likeness (QED) is 0.644. The van der Waals surface area contributed by atoms with E-state index in [2.05, 4.69) is 19.9 Å². The molecule has 0 heterocycles. The minimum absolute atomic E-state index is 0.718. The summed E-state index contributed by atoms with van der Waals surface area (Å²) in [4.78, 5) is 0. The van der Waals surface area contributed by atoms with Crippen LogP contribution in [0.5, 0.6) is 0 Å². The van der Waals surface area contributed by atoms with Crippen LogP contribution >= 0.6 is 0 Å². The molecular weight excluding hydrogens is 158 g/mol. The SMILES string of the molecule is CCC(CC)[C@H]1CC[C@@H](CC#N)C1. The topological polar surface area (TPSA) is 23.8 Å². The summed E-state index contributed by atoms with van der Waals surface area (Å²) in [6.45, 7) is 4.59. The van der Waals surface area contributed by atoms with E-state index in [1.165, 1.54) is 32.1 Å². The second kappa shape index (κ2) is 5.27. The van der Waals surface area contributed by atoms with Gasteiger partial charge < -0.3 is 0 Å². The molecule has 0 amide bonds. The maximum atomic E-state index is 8.62. The summed E-state index contributed by atoms with van der Waals surface area (Å²) in [6, 6.07) is 2.31. The Hall–Kier alpha value is -0.510. The molecule has 0 bridgehead atoms. The van der Waals surface area contributed by atoms with Gasteiger partial charge in [0.15, 0.2) is 0 Å². The van der Waals surface area contributed by atoms with E-state index in [0.29, 0.717) is 0 Å². The molecular formula is C12H21N. The first-order valence-electron chi connectivity index (χ1n) is 5.68. The molecule has 0 aromatic carbocycles. The largest absolute Gasteiger partial charge is 0.198 e. The molecule has 2 atom stereocenters. The van der Waals surface area contributed by atoms with Crippen molar-refractivity contribution in [3.05, 3.63) is 0 Å². The van der Waals surface area contributed by atoms with Gasteiger partial charge in [0.2, 0.25) is 0 Å². The number of nitriles is 1. The second-order valence-corrected chi connectivity index (χ2v) is 4.38. The van der Waals surface area contributed by atoms with Crippen LogP contribution in [0.25, 0.3) is 0 Å². The van der Waals surface area contributed by atoms with E-state index in [1.54, 1.807) is 0 Å². The van der Waals surface area contributed by atoms with Crippen molar-refractivity contribution < 1.29 is 0 Å². The Labute approximate surface area is 82.1 Å². The first-order chi connectivity index (χ1) is 6.31.